The Morgan fingerprint density at radius 3 is 2.88 bits per heavy atom. The standard InChI is InChI=1S/C19H19FN4O/c20-15-7-4-6-14(12-15)16-8-2-1-3-11-23(16)19(25)17-9-5-10-18-21-13-22-24(17)18/h4-7,9-10,12-13,16H,1-3,8,11H2. The summed E-state index contributed by atoms with van der Waals surface area (Å²) in [6.07, 6.45) is 5.33. The molecule has 1 saturated heterocycles. The molecule has 1 atom stereocenters. The lowest BCUT2D eigenvalue weighted by Gasteiger charge is -2.30. The van der Waals surface area contributed by atoms with E-state index in [1.807, 2.05) is 23.1 Å². The van der Waals surface area contributed by atoms with E-state index < -0.39 is 0 Å². The Morgan fingerprint density at radius 2 is 2.00 bits per heavy atom. The molecule has 2 aromatic heterocycles. The van der Waals surface area contributed by atoms with E-state index in [1.54, 1.807) is 16.6 Å². The molecule has 1 amide bonds. The number of halogens is 1. The molecule has 0 radical (unpaired) electrons. The number of carbonyl (C=O) groups is 1. The van der Waals surface area contributed by atoms with Gasteiger partial charge in [0.05, 0.1) is 6.04 Å². The number of rotatable bonds is 2. The van der Waals surface area contributed by atoms with E-state index in [-0.39, 0.29) is 17.8 Å². The van der Waals surface area contributed by atoms with Gasteiger partial charge < -0.3 is 4.90 Å². The van der Waals surface area contributed by atoms with Crippen molar-refractivity contribution < 1.29 is 9.18 Å². The third-order valence-corrected chi connectivity index (χ3v) is 4.77. The first-order valence-corrected chi connectivity index (χ1v) is 8.59. The molecule has 1 fully saturated rings. The van der Waals surface area contributed by atoms with Crippen molar-refractivity contribution in [3.8, 4) is 0 Å². The van der Waals surface area contributed by atoms with Crippen LogP contribution in [0.1, 0.15) is 47.8 Å². The van der Waals surface area contributed by atoms with Gasteiger partial charge in [-0.3, -0.25) is 4.79 Å². The Kier molecular flexibility index (Phi) is 4.17. The van der Waals surface area contributed by atoms with Crippen molar-refractivity contribution in [1.29, 1.82) is 0 Å². The third kappa shape index (κ3) is 2.99. The van der Waals surface area contributed by atoms with Crippen molar-refractivity contribution >= 4 is 11.6 Å². The van der Waals surface area contributed by atoms with Crippen molar-refractivity contribution in [2.45, 2.75) is 31.7 Å². The van der Waals surface area contributed by atoms with Gasteiger partial charge in [-0.25, -0.2) is 13.9 Å². The largest absolute Gasteiger partial charge is 0.330 e. The molecule has 0 saturated carbocycles. The molecule has 1 aliphatic heterocycles. The number of amides is 1. The molecular formula is C19H19FN4O. The number of nitrogens with zero attached hydrogens (tertiary/aromatic N) is 4. The molecular weight excluding hydrogens is 319 g/mol. The second kappa shape index (κ2) is 6.63. The fraction of sp³-hybridized carbons (Fsp3) is 0.316. The predicted molar refractivity (Wildman–Crippen MR) is 91.6 cm³/mol. The molecule has 0 spiro atoms. The van der Waals surface area contributed by atoms with E-state index in [0.29, 0.717) is 17.9 Å². The van der Waals surface area contributed by atoms with E-state index in [0.717, 1.165) is 31.2 Å². The van der Waals surface area contributed by atoms with Crippen LogP contribution < -0.4 is 0 Å². The first kappa shape index (κ1) is 15.7. The number of benzene rings is 1. The number of hydrogen-bond acceptors (Lipinski definition) is 3. The molecule has 1 aromatic carbocycles. The summed E-state index contributed by atoms with van der Waals surface area (Å²) in [5.41, 5.74) is 1.97. The van der Waals surface area contributed by atoms with Gasteiger partial charge in [0, 0.05) is 6.54 Å². The Labute approximate surface area is 145 Å². The van der Waals surface area contributed by atoms with Crippen LogP contribution in [0.4, 0.5) is 4.39 Å². The number of fused-ring (bicyclic) bond motifs is 1. The van der Waals surface area contributed by atoms with E-state index in [2.05, 4.69) is 10.1 Å². The third-order valence-electron chi connectivity index (χ3n) is 4.77. The molecule has 3 heterocycles. The minimum atomic E-state index is -0.271. The lowest BCUT2D eigenvalue weighted by atomic mass is 10.0. The topological polar surface area (TPSA) is 50.5 Å². The van der Waals surface area contributed by atoms with E-state index in [4.69, 9.17) is 0 Å². The molecule has 3 aromatic rings. The zero-order chi connectivity index (χ0) is 17.2. The zero-order valence-electron chi connectivity index (χ0n) is 13.8. The molecule has 0 N–H and O–H groups in total. The Hall–Kier alpha value is -2.76. The van der Waals surface area contributed by atoms with Crippen molar-refractivity contribution in [2.24, 2.45) is 0 Å². The Balaban J connectivity index is 1.74. The molecule has 128 valence electrons. The highest BCUT2D eigenvalue weighted by Gasteiger charge is 2.29. The van der Waals surface area contributed by atoms with Gasteiger partial charge in [-0.05, 0) is 42.7 Å². The highest BCUT2D eigenvalue weighted by Crippen LogP contribution is 2.31. The van der Waals surface area contributed by atoms with Crippen LogP contribution in [0.15, 0.2) is 48.8 Å². The lowest BCUT2D eigenvalue weighted by molar-refractivity contribution is 0.0671. The highest BCUT2D eigenvalue weighted by atomic mass is 19.1. The van der Waals surface area contributed by atoms with Gasteiger partial charge >= 0.3 is 0 Å². The summed E-state index contributed by atoms with van der Waals surface area (Å²) in [6.45, 7) is 0.658. The van der Waals surface area contributed by atoms with Crippen LogP contribution in [0.25, 0.3) is 5.65 Å². The summed E-state index contributed by atoms with van der Waals surface area (Å²) in [5.74, 6) is -0.361. The van der Waals surface area contributed by atoms with E-state index in [9.17, 15) is 9.18 Å². The summed E-state index contributed by atoms with van der Waals surface area (Å²) in [7, 11) is 0. The molecule has 5 nitrogen and oxygen atoms in total. The van der Waals surface area contributed by atoms with Crippen molar-refractivity contribution in [2.75, 3.05) is 6.54 Å². The molecule has 25 heavy (non-hydrogen) atoms. The van der Waals surface area contributed by atoms with Crippen LogP contribution in [-0.2, 0) is 0 Å². The molecule has 4 rings (SSSR count). The molecule has 6 heteroatoms. The average molecular weight is 338 g/mol. The number of carbonyl (C=O) groups excluding carboxylic acids is 1. The fourth-order valence-electron chi connectivity index (χ4n) is 3.57. The average Bonchev–Trinajstić information content (AvgIpc) is 2.97. The minimum Gasteiger partial charge on any atom is -0.330 e. The second-order valence-electron chi connectivity index (χ2n) is 6.36. The quantitative estimate of drug-likeness (QED) is 0.717. The molecule has 1 unspecified atom stereocenters. The van der Waals surface area contributed by atoms with Gasteiger partial charge in [-0.15, -0.1) is 0 Å². The Bertz CT molecular complexity index is 907. The minimum absolute atomic E-state index is 0.0905. The van der Waals surface area contributed by atoms with Crippen LogP contribution >= 0.6 is 0 Å². The normalized spacial score (nSPS) is 18.3. The summed E-state index contributed by atoms with van der Waals surface area (Å²) in [5, 5.41) is 4.17. The maximum Gasteiger partial charge on any atom is 0.273 e. The summed E-state index contributed by atoms with van der Waals surface area (Å²) < 4.78 is 15.3. The van der Waals surface area contributed by atoms with E-state index in [1.165, 1.54) is 18.5 Å². The van der Waals surface area contributed by atoms with E-state index >= 15 is 0 Å². The number of pyridine rings is 1. The van der Waals surface area contributed by atoms with Crippen LogP contribution in [0.3, 0.4) is 0 Å². The van der Waals surface area contributed by atoms with Gasteiger partial charge in [-0.1, -0.05) is 31.0 Å². The molecule has 0 aliphatic carbocycles. The van der Waals surface area contributed by atoms with Crippen LogP contribution in [0, 0.1) is 5.82 Å². The summed E-state index contributed by atoms with van der Waals surface area (Å²) in [6, 6.07) is 11.8. The van der Waals surface area contributed by atoms with Crippen LogP contribution in [0.5, 0.6) is 0 Å². The smallest absolute Gasteiger partial charge is 0.273 e. The highest BCUT2D eigenvalue weighted by molar-refractivity contribution is 5.93. The SMILES string of the molecule is O=C(c1cccc2ncnn12)N1CCCCCC1c1cccc(F)c1. The summed E-state index contributed by atoms with van der Waals surface area (Å²) in [4.78, 5) is 19.3. The van der Waals surface area contributed by atoms with Crippen LogP contribution in [0.2, 0.25) is 0 Å². The van der Waals surface area contributed by atoms with Gasteiger partial charge in [-0.2, -0.15) is 5.10 Å². The Morgan fingerprint density at radius 1 is 1.12 bits per heavy atom. The second-order valence-corrected chi connectivity index (χ2v) is 6.36. The lowest BCUT2D eigenvalue weighted by Crippen LogP contribution is -2.36. The van der Waals surface area contributed by atoms with Gasteiger partial charge in [0.15, 0.2) is 5.65 Å². The fourth-order valence-corrected chi connectivity index (χ4v) is 3.57. The monoisotopic (exact) mass is 338 g/mol. The first-order valence-electron chi connectivity index (χ1n) is 8.59. The van der Waals surface area contributed by atoms with Crippen molar-refractivity contribution in [3.05, 3.63) is 65.9 Å². The van der Waals surface area contributed by atoms with Gasteiger partial charge in [0.25, 0.3) is 5.91 Å². The van der Waals surface area contributed by atoms with Crippen molar-refractivity contribution in [1.82, 2.24) is 19.5 Å². The zero-order valence-corrected chi connectivity index (χ0v) is 13.8. The van der Waals surface area contributed by atoms with Crippen molar-refractivity contribution in [3.63, 3.8) is 0 Å². The molecule has 1 aliphatic rings. The first-order chi connectivity index (χ1) is 12.2. The number of aromatic nitrogens is 3. The van der Waals surface area contributed by atoms with Crippen LogP contribution in [-0.4, -0.2) is 31.9 Å². The summed E-state index contributed by atoms with van der Waals surface area (Å²) >= 11 is 0. The van der Waals surface area contributed by atoms with Gasteiger partial charge in [0.1, 0.15) is 17.8 Å². The molecule has 0 bridgehead atoms. The maximum absolute atomic E-state index is 13.7. The number of hydrogen-bond donors (Lipinski definition) is 0. The predicted octanol–water partition coefficient (Wildman–Crippen LogP) is 3.63. The maximum atomic E-state index is 13.7. The number of likely N-dealkylation sites (tertiary alicyclic amines) is 1. The van der Waals surface area contributed by atoms with Gasteiger partial charge in [0.2, 0.25) is 0 Å².